The van der Waals surface area contributed by atoms with Crippen molar-refractivity contribution in [2.24, 2.45) is 5.92 Å². The molecular formula is C9H17NO3. The molecule has 0 aliphatic carbocycles. The van der Waals surface area contributed by atoms with E-state index in [1.54, 1.807) is 6.92 Å². The Kier molecular flexibility index (Phi) is 4.45. The predicted molar refractivity (Wildman–Crippen MR) is 49.3 cm³/mol. The molecule has 2 N–H and O–H groups in total. The molecule has 0 spiro atoms. The highest BCUT2D eigenvalue weighted by Gasteiger charge is 2.31. The maximum absolute atomic E-state index is 10.6. The number of carbonyl (C=O) groups excluding carboxylic acids is 1. The van der Waals surface area contributed by atoms with Crippen LogP contribution in [0.2, 0.25) is 0 Å². The minimum atomic E-state index is -0.892. The van der Waals surface area contributed by atoms with Crippen LogP contribution in [0.5, 0.6) is 0 Å². The summed E-state index contributed by atoms with van der Waals surface area (Å²) in [7, 11) is 0. The van der Waals surface area contributed by atoms with E-state index in [1.807, 2.05) is 13.8 Å². The quantitative estimate of drug-likeness (QED) is 0.610. The molecule has 0 saturated heterocycles. The first-order chi connectivity index (χ1) is 5.96. The van der Waals surface area contributed by atoms with Crippen molar-refractivity contribution in [3.63, 3.8) is 0 Å². The zero-order valence-electron chi connectivity index (χ0n) is 8.33. The number of hydrogen-bond acceptors (Lipinski definition) is 2. The highest BCUT2D eigenvalue weighted by Crippen LogP contribution is 2.23. The number of amides is 1. The molecule has 1 amide bonds. The van der Waals surface area contributed by atoms with Gasteiger partial charge in [-0.1, -0.05) is 20.3 Å². The summed E-state index contributed by atoms with van der Waals surface area (Å²) in [5.41, 5.74) is -0.637. The van der Waals surface area contributed by atoms with Gasteiger partial charge in [0.2, 0.25) is 6.41 Å². The van der Waals surface area contributed by atoms with E-state index in [1.165, 1.54) is 0 Å². The molecule has 0 radical (unpaired) electrons. The van der Waals surface area contributed by atoms with Crippen LogP contribution in [0.3, 0.4) is 0 Å². The smallest absolute Gasteiger partial charge is 0.305 e. The van der Waals surface area contributed by atoms with Gasteiger partial charge in [-0.2, -0.15) is 0 Å². The lowest BCUT2D eigenvalue weighted by Crippen LogP contribution is -2.48. The number of nitrogens with one attached hydrogen (secondary N) is 1. The van der Waals surface area contributed by atoms with Crippen LogP contribution >= 0.6 is 0 Å². The van der Waals surface area contributed by atoms with Crippen molar-refractivity contribution in [3.05, 3.63) is 0 Å². The molecule has 0 bridgehead atoms. The lowest BCUT2D eigenvalue weighted by molar-refractivity contribution is -0.139. The van der Waals surface area contributed by atoms with Gasteiger partial charge in [0.25, 0.3) is 0 Å². The molecule has 2 atom stereocenters. The van der Waals surface area contributed by atoms with E-state index < -0.39 is 11.5 Å². The summed E-state index contributed by atoms with van der Waals surface area (Å²) in [6, 6.07) is 0. The third-order valence-electron chi connectivity index (χ3n) is 2.61. The van der Waals surface area contributed by atoms with Gasteiger partial charge in [0.15, 0.2) is 0 Å². The molecule has 4 heteroatoms. The first-order valence-electron chi connectivity index (χ1n) is 4.39. The van der Waals surface area contributed by atoms with Gasteiger partial charge >= 0.3 is 5.97 Å². The van der Waals surface area contributed by atoms with Crippen LogP contribution in [0, 0.1) is 5.92 Å². The van der Waals surface area contributed by atoms with Crippen molar-refractivity contribution in [2.45, 2.75) is 39.2 Å². The van der Waals surface area contributed by atoms with Gasteiger partial charge in [0.05, 0.1) is 6.42 Å². The number of aliphatic carboxylic acids is 1. The molecule has 0 rings (SSSR count). The topological polar surface area (TPSA) is 66.4 Å². The Bertz CT molecular complexity index is 193. The monoisotopic (exact) mass is 187 g/mol. The highest BCUT2D eigenvalue weighted by molar-refractivity contribution is 5.69. The third kappa shape index (κ3) is 3.44. The fourth-order valence-electron chi connectivity index (χ4n) is 1.27. The fourth-order valence-corrected chi connectivity index (χ4v) is 1.27. The summed E-state index contributed by atoms with van der Waals surface area (Å²) < 4.78 is 0. The molecule has 0 saturated carbocycles. The zero-order chi connectivity index (χ0) is 10.5. The second-order valence-electron chi connectivity index (χ2n) is 3.56. The Morgan fingerprint density at radius 3 is 2.54 bits per heavy atom. The van der Waals surface area contributed by atoms with Crippen LogP contribution in [0.15, 0.2) is 0 Å². The molecule has 4 nitrogen and oxygen atoms in total. The molecule has 0 aromatic heterocycles. The Hall–Kier alpha value is -1.06. The zero-order valence-corrected chi connectivity index (χ0v) is 8.33. The third-order valence-corrected chi connectivity index (χ3v) is 2.61. The average Bonchev–Trinajstić information content (AvgIpc) is 2.02. The molecule has 0 aromatic carbocycles. The summed E-state index contributed by atoms with van der Waals surface area (Å²) in [4.78, 5) is 20.9. The van der Waals surface area contributed by atoms with E-state index in [9.17, 15) is 9.59 Å². The second kappa shape index (κ2) is 4.84. The van der Waals surface area contributed by atoms with Gasteiger partial charge in [-0.25, -0.2) is 0 Å². The second-order valence-corrected chi connectivity index (χ2v) is 3.56. The maximum atomic E-state index is 10.6. The normalized spacial score (nSPS) is 17.2. The van der Waals surface area contributed by atoms with Crippen molar-refractivity contribution in [2.75, 3.05) is 0 Å². The maximum Gasteiger partial charge on any atom is 0.305 e. The summed E-state index contributed by atoms with van der Waals surface area (Å²) >= 11 is 0. The Morgan fingerprint density at radius 2 is 2.23 bits per heavy atom. The van der Waals surface area contributed by atoms with Gasteiger partial charge in [-0.15, -0.1) is 0 Å². The van der Waals surface area contributed by atoms with Crippen molar-refractivity contribution >= 4 is 12.4 Å². The molecule has 0 fully saturated rings. The van der Waals surface area contributed by atoms with Crippen LogP contribution in [-0.4, -0.2) is 23.0 Å². The SMILES string of the molecule is CCC(C)C(C)(CC(=O)O)NC=O. The Balaban J connectivity index is 4.49. The van der Waals surface area contributed by atoms with Crippen LogP contribution in [0.1, 0.15) is 33.6 Å². The lowest BCUT2D eigenvalue weighted by Gasteiger charge is -2.33. The van der Waals surface area contributed by atoms with Gasteiger partial charge < -0.3 is 10.4 Å². The largest absolute Gasteiger partial charge is 0.481 e. The molecule has 0 aromatic rings. The van der Waals surface area contributed by atoms with Crippen LogP contribution in [0.25, 0.3) is 0 Å². The van der Waals surface area contributed by atoms with E-state index in [4.69, 9.17) is 5.11 Å². The van der Waals surface area contributed by atoms with Gasteiger partial charge in [-0.3, -0.25) is 9.59 Å². The van der Waals surface area contributed by atoms with Crippen LogP contribution in [-0.2, 0) is 9.59 Å². The number of hydrogen-bond donors (Lipinski definition) is 2. The molecule has 2 unspecified atom stereocenters. The summed E-state index contributed by atoms with van der Waals surface area (Å²) in [5, 5.41) is 11.2. The van der Waals surface area contributed by atoms with Crippen molar-refractivity contribution < 1.29 is 14.7 Å². The van der Waals surface area contributed by atoms with Crippen molar-refractivity contribution in [1.82, 2.24) is 5.32 Å². The van der Waals surface area contributed by atoms with Gasteiger partial charge in [0, 0.05) is 5.54 Å². The average molecular weight is 187 g/mol. The van der Waals surface area contributed by atoms with E-state index >= 15 is 0 Å². The first kappa shape index (κ1) is 11.9. The molecule has 0 aliphatic heterocycles. The lowest BCUT2D eigenvalue weighted by atomic mass is 9.82. The summed E-state index contributed by atoms with van der Waals surface area (Å²) in [6.45, 7) is 5.65. The fraction of sp³-hybridized carbons (Fsp3) is 0.778. The molecule has 76 valence electrons. The Morgan fingerprint density at radius 1 is 1.69 bits per heavy atom. The van der Waals surface area contributed by atoms with E-state index in [-0.39, 0.29) is 12.3 Å². The molecule has 13 heavy (non-hydrogen) atoms. The van der Waals surface area contributed by atoms with Crippen molar-refractivity contribution in [1.29, 1.82) is 0 Å². The minimum Gasteiger partial charge on any atom is -0.481 e. The van der Waals surface area contributed by atoms with Crippen molar-refractivity contribution in [3.8, 4) is 0 Å². The minimum absolute atomic E-state index is 0.0409. The molecular weight excluding hydrogens is 170 g/mol. The molecule has 0 heterocycles. The summed E-state index contributed by atoms with van der Waals surface area (Å²) in [5.74, 6) is -0.744. The van der Waals surface area contributed by atoms with Crippen LogP contribution < -0.4 is 5.32 Å². The molecule has 0 aliphatic rings. The number of carbonyl (C=O) groups is 2. The van der Waals surface area contributed by atoms with E-state index in [2.05, 4.69) is 5.32 Å². The standard InChI is InChI=1S/C9H17NO3/c1-4-7(2)9(3,10-6-11)5-8(12)13/h6-7H,4-5H2,1-3H3,(H,10,11)(H,12,13). The van der Waals surface area contributed by atoms with Gasteiger partial charge in [-0.05, 0) is 12.8 Å². The number of carboxylic acids is 1. The predicted octanol–water partition coefficient (Wildman–Crippen LogP) is 1.01. The van der Waals surface area contributed by atoms with Gasteiger partial charge in [0.1, 0.15) is 0 Å². The number of rotatable bonds is 6. The highest BCUT2D eigenvalue weighted by atomic mass is 16.4. The number of carboxylic acid groups (broad SMARTS) is 1. The summed E-state index contributed by atoms with van der Waals surface area (Å²) in [6.07, 6.45) is 1.36. The van der Waals surface area contributed by atoms with E-state index in [0.717, 1.165) is 6.42 Å². The Labute approximate surface area is 78.3 Å². The van der Waals surface area contributed by atoms with E-state index in [0.29, 0.717) is 6.41 Å². The van der Waals surface area contributed by atoms with Crippen LogP contribution in [0.4, 0.5) is 0 Å². The first-order valence-corrected chi connectivity index (χ1v) is 4.39.